The summed E-state index contributed by atoms with van der Waals surface area (Å²) in [5.74, 6) is 0.673. The number of thioether (sulfide) groups is 1. The van der Waals surface area contributed by atoms with Crippen LogP contribution in [0.5, 0.6) is 0 Å². The maximum absolute atomic E-state index is 13.0. The number of nitrogens with zero attached hydrogens (tertiary/aromatic N) is 2. The van der Waals surface area contributed by atoms with Crippen molar-refractivity contribution in [2.45, 2.75) is 10.6 Å². The summed E-state index contributed by atoms with van der Waals surface area (Å²) in [4.78, 5) is 4.72. The molecule has 0 aliphatic carbocycles. The van der Waals surface area contributed by atoms with Crippen molar-refractivity contribution in [1.29, 1.82) is 0 Å². The lowest BCUT2D eigenvalue weighted by molar-refractivity contribution is 0.540. The van der Waals surface area contributed by atoms with Crippen molar-refractivity contribution in [3.05, 3.63) is 76.8 Å². The quantitative estimate of drug-likeness (QED) is 0.556. The van der Waals surface area contributed by atoms with Crippen LogP contribution in [0.1, 0.15) is 5.56 Å². The highest BCUT2D eigenvalue weighted by Gasteiger charge is 2.30. The molecule has 3 aromatic carbocycles. The average Bonchev–Trinajstić information content (AvgIpc) is 3.16. The third-order valence-corrected chi connectivity index (χ3v) is 7.91. The number of sulfonamides is 1. The maximum atomic E-state index is 13.0. The lowest BCUT2D eigenvalue weighted by Crippen LogP contribution is -2.32. The van der Waals surface area contributed by atoms with Gasteiger partial charge in [-0.25, -0.2) is 12.7 Å². The van der Waals surface area contributed by atoms with Gasteiger partial charge in [-0.05, 0) is 40.6 Å². The summed E-state index contributed by atoms with van der Waals surface area (Å²) in [5, 5.41) is 2.93. The van der Waals surface area contributed by atoms with Gasteiger partial charge in [-0.2, -0.15) is 0 Å². The molecule has 0 saturated heterocycles. The molecule has 0 saturated carbocycles. The molecule has 1 aliphatic rings. The number of hydrogen-bond donors (Lipinski definition) is 0. The molecule has 0 radical (unpaired) electrons. The average molecular weight is 461 g/mol. The fraction of sp³-hybridized carbons (Fsp3) is 0.150. The summed E-state index contributed by atoms with van der Waals surface area (Å²) >= 11 is 4.81. The minimum absolute atomic E-state index is 0.283. The fourth-order valence-electron chi connectivity index (χ4n) is 3.05. The molecule has 27 heavy (non-hydrogen) atoms. The lowest BCUT2D eigenvalue weighted by Gasteiger charge is -2.20. The van der Waals surface area contributed by atoms with Crippen molar-refractivity contribution in [1.82, 2.24) is 4.31 Å². The molecule has 0 spiro atoms. The molecule has 4 rings (SSSR count). The van der Waals surface area contributed by atoms with Gasteiger partial charge in [0.15, 0.2) is 5.17 Å². The number of amidine groups is 1. The van der Waals surface area contributed by atoms with E-state index in [1.807, 2.05) is 18.2 Å². The van der Waals surface area contributed by atoms with Crippen LogP contribution in [0, 0.1) is 0 Å². The van der Waals surface area contributed by atoms with Crippen molar-refractivity contribution >= 4 is 53.7 Å². The van der Waals surface area contributed by atoms with Crippen LogP contribution in [-0.2, 0) is 15.8 Å². The van der Waals surface area contributed by atoms with Gasteiger partial charge in [0.2, 0.25) is 0 Å². The topological polar surface area (TPSA) is 49.7 Å². The normalized spacial score (nSPS) is 14.6. The van der Waals surface area contributed by atoms with Crippen LogP contribution in [-0.4, -0.2) is 31.0 Å². The molecule has 0 fully saturated rings. The van der Waals surface area contributed by atoms with E-state index in [1.54, 1.807) is 24.3 Å². The number of rotatable bonds is 4. The second kappa shape index (κ2) is 7.66. The lowest BCUT2D eigenvalue weighted by atomic mass is 10.1. The molecule has 0 N–H and O–H groups in total. The Kier molecular flexibility index (Phi) is 5.25. The number of halogens is 1. The first-order chi connectivity index (χ1) is 13.1. The first kappa shape index (κ1) is 18.5. The molecule has 0 unspecified atom stereocenters. The van der Waals surface area contributed by atoms with E-state index in [1.165, 1.54) is 32.4 Å². The Balaban J connectivity index is 1.56. The SMILES string of the molecule is O=S(=O)(c1ccc(Br)cc1)N1CCN=C1SCc1cccc2ccccc12. The molecule has 1 heterocycles. The van der Waals surface area contributed by atoms with Gasteiger partial charge < -0.3 is 0 Å². The van der Waals surface area contributed by atoms with Gasteiger partial charge in [-0.15, -0.1) is 0 Å². The Morgan fingerprint density at radius 2 is 1.74 bits per heavy atom. The molecule has 138 valence electrons. The zero-order valence-electron chi connectivity index (χ0n) is 14.4. The molecular weight excluding hydrogens is 444 g/mol. The van der Waals surface area contributed by atoms with Crippen molar-refractivity contribution in [3.63, 3.8) is 0 Å². The van der Waals surface area contributed by atoms with E-state index in [9.17, 15) is 8.42 Å². The molecule has 4 nitrogen and oxygen atoms in total. The van der Waals surface area contributed by atoms with Crippen molar-refractivity contribution in [2.75, 3.05) is 13.1 Å². The molecule has 0 bridgehead atoms. The second-order valence-electron chi connectivity index (χ2n) is 6.12. The fourth-order valence-corrected chi connectivity index (χ4v) is 6.04. The molecule has 0 atom stereocenters. The first-order valence-electron chi connectivity index (χ1n) is 8.48. The van der Waals surface area contributed by atoms with E-state index in [0.717, 1.165) is 4.47 Å². The Labute approximate surface area is 171 Å². The number of benzene rings is 3. The van der Waals surface area contributed by atoms with Gasteiger partial charge in [0.05, 0.1) is 18.0 Å². The Morgan fingerprint density at radius 3 is 2.56 bits per heavy atom. The van der Waals surface area contributed by atoms with Crippen LogP contribution in [0.25, 0.3) is 10.8 Å². The van der Waals surface area contributed by atoms with Gasteiger partial charge in [0.25, 0.3) is 10.0 Å². The summed E-state index contributed by atoms with van der Waals surface area (Å²) in [7, 11) is -3.59. The van der Waals surface area contributed by atoms with Crippen LogP contribution in [0.15, 0.2) is 81.1 Å². The summed E-state index contributed by atoms with van der Waals surface area (Å²) in [5.41, 5.74) is 1.17. The second-order valence-corrected chi connectivity index (χ2v) is 9.84. The Bertz CT molecular complexity index is 1110. The standard InChI is InChI=1S/C20H17BrN2O2S2/c21-17-8-10-18(11-9-17)27(24,25)23-13-12-22-20(23)26-14-16-6-3-5-15-4-1-2-7-19(15)16/h1-11H,12-14H2. The van der Waals surface area contributed by atoms with E-state index in [0.29, 0.717) is 24.0 Å². The van der Waals surface area contributed by atoms with Gasteiger partial charge in [-0.1, -0.05) is 70.2 Å². The van der Waals surface area contributed by atoms with Crippen LogP contribution in [0.2, 0.25) is 0 Å². The molecule has 0 aromatic heterocycles. The minimum Gasteiger partial charge on any atom is -0.260 e. The van der Waals surface area contributed by atoms with Gasteiger partial charge in [0, 0.05) is 10.2 Å². The zero-order chi connectivity index (χ0) is 18.9. The highest BCUT2D eigenvalue weighted by atomic mass is 79.9. The number of hydrogen-bond acceptors (Lipinski definition) is 4. The van der Waals surface area contributed by atoms with Crippen molar-refractivity contribution in [3.8, 4) is 0 Å². The summed E-state index contributed by atoms with van der Waals surface area (Å²) in [6.07, 6.45) is 0. The predicted octanol–water partition coefficient (Wildman–Crippen LogP) is 4.90. The summed E-state index contributed by atoms with van der Waals surface area (Å²) < 4.78 is 28.3. The van der Waals surface area contributed by atoms with E-state index < -0.39 is 10.0 Å². The van der Waals surface area contributed by atoms with Crippen LogP contribution >= 0.6 is 27.7 Å². The minimum atomic E-state index is -3.59. The highest BCUT2D eigenvalue weighted by molar-refractivity contribution is 9.10. The van der Waals surface area contributed by atoms with Crippen LogP contribution in [0.4, 0.5) is 0 Å². The van der Waals surface area contributed by atoms with Gasteiger partial charge in [0.1, 0.15) is 0 Å². The first-order valence-corrected chi connectivity index (χ1v) is 11.7. The molecule has 7 heteroatoms. The number of aliphatic imine (C=N–C) groups is 1. The third kappa shape index (κ3) is 3.77. The monoisotopic (exact) mass is 460 g/mol. The Hall–Kier alpha value is -1.83. The van der Waals surface area contributed by atoms with E-state index in [2.05, 4.69) is 45.2 Å². The summed E-state index contributed by atoms with van der Waals surface area (Å²) in [6.45, 7) is 0.879. The highest BCUT2D eigenvalue weighted by Crippen LogP contribution is 2.28. The molecule has 0 amide bonds. The zero-order valence-corrected chi connectivity index (χ0v) is 17.6. The predicted molar refractivity (Wildman–Crippen MR) is 116 cm³/mol. The van der Waals surface area contributed by atoms with Crippen molar-refractivity contribution in [2.24, 2.45) is 4.99 Å². The number of fused-ring (bicyclic) bond motifs is 1. The molecule has 1 aliphatic heterocycles. The van der Waals surface area contributed by atoms with E-state index in [4.69, 9.17) is 0 Å². The summed E-state index contributed by atoms with van der Waals surface area (Å²) in [6, 6.07) is 21.1. The van der Waals surface area contributed by atoms with Gasteiger partial charge >= 0.3 is 0 Å². The van der Waals surface area contributed by atoms with E-state index in [-0.39, 0.29) is 4.90 Å². The maximum Gasteiger partial charge on any atom is 0.265 e. The molecular formula is C20H17BrN2O2S2. The smallest absolute Gasteiger partial charge is 0.260 e. The Morgan fingerprint density at radius 1 is 1.00 bits per heavy atom. The van der Waals surface area contributed by atoms with Crippen LogP contribution in [0.3, 0.4) is 0 Å². The molecule has 3 aromatic rings. The largest absolute Gasteiger partial charge is 0.265 e. The van der Waals surface area contributed by atoms with Crippen LogP contribution < -0.4 is 0 Å². The van der Waals surface area contributed by atoms with Crippen molar-refractivity contribution < 1.29 is 8.42 Å². The van der Waals surface area contributed by atoms with E-state index >= 15 is 0 Å². The third-order valence-electron chi connectivity index (χ3n) is 4.40. The van der Waals surface area contributed by atoms with Gasteiger partial charge in [-0.3, -0.25) is 4.99 Å².